The molecule has 27 heavy (non-hydrogen) atoms. The summed E-state index contributed by atoms with van der Waals surface area (Å²) in [4.78, 5) is 11.9. The topological polar surface area (TPSA) is 61.3 Å². The summed E-state index contributed by atoms with van der Waals surface area (Å²) < 4.78 is 0. The van der Waals surface area contributed by atoms with E-state index >= 15 is 0 Å². The number of rotatable bonds is 5. The highest BCUT2D eigenvalue weighted by Gasteiger charge is 2.21. The Bertz CT molecular complexity index is 799. The van der Waals surface area contributed by atoms with Crippen LogP contribution in [-0.4, -0.2) is 27.7 Å². The molecule has 0 radical (unpaired) electrons. The normalized spacial score (nSPS) is 18.4. The summed E-state index contributed by atoms with van der Waals surface area (Å²) in [5.41, 5.74) is 4.77. The van der Waals surface area contributed by atoms with Crippen LogP contribution < -0.4 is 10.2 Å². The molecule has 0 bridgehead atoms. The van der Waals surface area contributed by atoms with Gasteiger partial charge in [0.25, 0.3) is 0 Å². The molecule has 0 saturated heterocycles. The van der Waals surface area contributed by atoms with Crippen molar-refractivity contribution in [3.8, 4) is 0 Å². The van der Waals surface area contributed by atoms with E-state index in [9.17, 15) is 5.11 Å². The first-order chi connectivity index (χ1) is 13.1. The zero-order valence-electron chi connectivity index (χ0n) is 16.4. The Labute approximate surface area is 161 Å². The van der Waals surface area contributed by atoms with Crippen molar-refractivity contribution in [2.24, 2.45) is 0 Å². The van der Waals surface area contributed by atoms with Gasteiger partial charge in [0, 0.05) is 30.9 Å². The van der Waals surface area contributed by atoms with Gasteiger partial charge in [-0.15, -0.1) is 0 Å². The Hall–Kier alpha value is -2.14. The van der Waals surface area contributed by atoms with E-state index < -0.39 is 6.10 Å². The Kier molecular flexibility index (Phi) is 5.30. The van der Waals surface area contributed by atoms with Gasteiger partial charge < -0.3 is 15.3 Å². The van der Waals surface area contributed by atoms with Gasteiger partial charge in [-0.2, -0.15) is 4.98 Å². The Morgan fingerprint density at radius 1 is 1.19 bits per heavy atom. The van der Waals surface area contributed by atoms with Gasteiger partial charge in [0.05, 0.1) is 6.10 Å². The molecule has 0 amide bonds. The molecule has 2 aromatic rings. The number of nitrogens with zero attached hydrogens (tertiary/aromatic N) is 3. The van der Waals surface area contributed by atoms with Crippen molar-refractivity contribution in [2.75, 3.05) is 16.8 Å². The van der Waals surface area contributed by atoms with Crippen LogP contribution in [0.25, 0.3) is 0 Å². The lowest BCUT2D eigenvalue weighted by molar-refractivity contribution is 0.199. The fraction of sp³-hybridized carbons (Fsp3) is 0.545. The maximum atomic E-state index is 9.83. The van der Waals surface area contributed by atoms with Crippen molar-refractivity contribution >= 4 is 11.8 Å². The molecule has 1 aromatic carbocycles. The first kappa shape index (κ1) is 18.2. The first-order valence-electron chi connectivity index (χ1n) is 10.3. The average Bonchev–Trinajstić information content (AvgIpc) is 3.19. The van der Waals surface area contributed by atoms with Crippen LogP contribution in [0.3, 0.4) is 0 Å². The zero-order chi connectivity index (χ0) is 18.8. The van der Waals surface area contributed by atoms with E-state index in [0.29, 0.717) is 6.04 Å². The molecule has 1 aliphatic heterocycles. The number of nitrogens with one attached hydrogen (secondary N) is 1. The van der Waals surface area contributed by atoms with Crippen molar-refractivity contribution in [3.63, 3.8) is 0 Å². The third-order valence-corrected chi connectivity index (χ3v) is 5.87. The fourth-order valence-corrected chi connectivity index (χ4v) is 4.17. The van der Waals surface area contributed by atoms with E-state index in [1.165, 1.54) is 36.8 Å². The van der Waals surface area contributed by atoms with Gasteiger partial charge in [0.15, 0.2) is 0 Å². The molecule has 5 heteroatoms. The number of hydrogen-bond donors (Lipinski definition) is 2. The van der Waals surface area contributed by atoms with Crippen LogP contribution in [0.1, 0.15) is 68.0 Å². The first-order valence-corrected chi connectivity index (χ1v) is 10.3. The van der Waals surface area contributed by atoms with Gasteiger partial charge in [-0.3, -0.25) is 0 Å². The standard InChI is InChI=1S/C22H30N4O/c1-3-19-13-21(25-22(23-19)24-20-6-4-5-7-20)26-11-10-17-12-16(15(2)27)8-9-18(17)14-26/h8-9,12-13,15,20,27H,3-7,10-11,14H2,1-2H3,(H,23,24,25)/t15-/m1/s1. The van der Waals surface area contributed by atoms with Crippen molar-refractivity contribution in [2.45, 2.75) is 71.1 Å². The molecule has 0 spiro atoms. The van der Waals surface area contributed by atoms with E-state index in [0.717, 1.165) is 49.0 Å². The number of aromatic nitrogens is 2. The number of aliphatic hydroxyl groups is 1. The molecule has 2 aliphatic rings. The van der Waals surface area contributed by atoms with E-state index in [1.807, 2.05) is 13.0 Å². The Balaban J connectivity index is 1.55. The predicted octanol–water partition coefficient (Wildman–Crippen LogP) is 4.01. The molecule has 0 unspecified atom stereocenters. The van der Waals surface area contributed by atoms with Gasteiger partial charge in [-0.1, -0.05) is 38.0 Å². The molecule has 144 valence electrons. The van der Waals surface area contributed by atoms with Gasteiger partial charge in [-0.25, -0.2) is 4.98 Å². The highest BCUT2D eigenvalue weighted by molar-refractivity contribution is 5.49. The maximum Gasteiger partial charge on any atom is 0.225 e. The zero-order valence-corrected chi connectivity index (χ0v) is 16.4. The van der Waals surface area contributed by atoms with Crippen LogP contribution in [-0.2, 0) is 19.4 Å². The third kappa shape index (κ3) is 4.08. The molecule has 4 rings (SSSR count). The second-order valence-electron chi connectivity index (χ2n) is 7.90. The van der Waals surface area contributed by atoms with E-state index in [-0.39, 0.29) is 0 Å². The lowest BCUT2D eigenvalue weighted by atomic mass is 9.96. The molecule has 1 aromatic heterocycles. The maximum absolute atomic E-state index is 9.83. The number of aryl methyl sites for hydroxylation is 1. The molecule has 1 fully saturated rings. The third-order valence-electron chi connectivity index (χ3n) is 5.87. The van der Waals surface area contributed by atoms with Crippen LogP contribution in [0, 0.1) is 0 Å². The molecular formula is C22H30N4O. The van der Waals surface area contributed by atoms with Crippen molar-refractivity contribution in [3.05, 3.63) is 46.6 Å². The summed E-state index contributed by atoms with van der Waals surface area (Å²) in [6.45, 7) is 5.77. The van der Waals surface area contributed by atoms with Crippen molar-refractivity contribution in [1.29, 1.82) is 0 Å². The second kappa shape index (κ2) is 7.85. The minimum absolute atomic E-state index is 0.411. The van der Waals surface area contributed by atoms with E-state index in [1.54, 1.807) is 0 Å². The number of aliphatic hydroxyl groups excluding tert-OH is 1. The lowest BCUT2D eigenvalue weighted by Crippen LogP contribution is -2.31. The Morgan fingerprint density at radius 3 is 2.74 bits per heavy atom. The van der Waals surface area contributed by atoms with Crippen LogP contribution in [0.5, 0.6) is 0 Å². The number of fused-ring (bicyclic) bond motifs is 1. The number of anilines is 2. The largest absolute Gasteiger partial charge is 0.389 e. The highest BCUT2D eigenvalue weighted by atomic mass is 16.3. The molecule has 1 aliphatic carbocycles. The summed E-state index contributed by atoms with van der Waals surface area (Å²) in [6, 6.07) is 9.00. The molecule has 5 nitrogen and oxygen atoms in total. The molecular weight excluding hydrogens is 336 g/mol. The highest BCUT2D eigenvalue weighted by Crippen LogP contribution is 2.28. The number of benzene rings is 1. The van der Waals surface area contributed by atoms with Gasteiger partial charge in [-0.05, 0) is 49.3 Å². The summed E-state index contributed by atoms with van der Waals surface area (Å²) in [6.07, 6.45) is 6.52. The Morgan fingerprint density at radius 2 is 2.00 bits per heavy atom. The summed E-state index contributed by atoms with van der Waals surface area (Å²) in [7, 11) is 0. The van der Waals surface area contributed by atoms with Crippen molar-refractivity contribution in [1.82, 2.24) is 9.97 Å². The van der Waals surface area contributed by atoms with Crippen LogP contribution >= 0.6 is 0 Å². The van der Waals surface area contributed by atoms with Gasteiger partial charge in [0.2, 0.25) is 5.95 Å². The smallest absolute Gasteiger partial charge is 0.225 e. The minimum atomic E-state index is -0.411. The fourth-order valence-electron chi connectivity index (χ4n) is 4.17. The van der Waals surface area contributed by atoms with Crippen LogP contribution in [0.4, 0.5) is 11.8 Å². The predicted molar refractivity (Wildman–Crippen MR) is 109 cm³/mol. The van der Waals surface area contributed by atoms with E-state index in [2.05, 4.69) is 35.3 Å². The lowest BCUT2D eigenvalue weighted by Gasteiger charge is -2.31. The van der Waals surface area contributed by atoms with Crippen LogP contribution in [0.15, 0.2) is 24.3 Å². The second-order valence-corrected chi connectivity index (χ2v) is 7.90. The monoisotopic (exact) mass is 366 g/mol. The van der Waals surface area contributed by atoms with Crippen LogP contribution in [0.2, 0.25) is 0 Å². The summed E-state index contributed by atoms with van der Waals surface area (Å²) in [5.74, 6) is 1.80. The molecule has 2 heterocycles. The number of hydrogen-bond acceptors (Lipinski definition) is 5. The van der Waals surface area contributed by atoms with Gasteiger partial charge in [0.1, 0.15) is 5.82 Å². The van der Waals surface area contributed by atoms with E-state index in [4.69, 9.17) is 9.97 Å². The minimum Gasteiger partial charge on any atom is -0.389 e. The van der Waals surface area contributed by atoms with Gasteiger partial charge >= 0.3 is 0 Å². The SMILES string of the molecule is CCc1cc(N2CCc3cc([C@@H](C)O)ccc3C2)nc(NC2CCCC2)n1. The molecule has 1 atom stereocenters. The average molecular weight is 367 g/mol. The summed E-state index contributed by atoms with van der Waals surface area (Å²) in [5, 5.41) is 13.4. The van der Waals surface area contributed by atoms with Crippen molar-refractivity contribution < 1.29 is 5.11 Å². The molecule has 1 saturated carbocycles. The quantitative estimate of drug-likeness (QED) is 0.837. The molecule has 2 N–H and O–H groups in total. The summed E-state index contributed by atoms with van der Waals surface area (Å²) >= 11 is 0.